The van der Waals surface area contributed by atoms with Crippen molar-refractivity contribution in [2.75, 3.05) is 19.7 Å². The fraction of sp³-hybridized carbons (Fsp3) is 0.667. The van der Waals surface area contributed by atoms with Crippen LogP contribution in [0.4, 0.5) is 0 Å². The van der Waals surface area contributed by atoms with Crippen molar-refractivity contribution in [2.45, 2.75) is 56.1 Å². The van der Waals surface area contributed by atoms with Gasteiger partial charge in [0.15, 0.2) is 0 Å². The van der Waals surface area contributed by atoms with Crippen molar-refractivity contribution in [3.05, 3.63) is 35.9 Å². The quantitative estimate of drug-likeness (QED) is 0.876. The Kier molecular flexibility index (Phi) is 4.94. The van der Waals surface area contributed by atoms with Crippen LogP contribution in [-0.4, -0.2) is 31.3 Å². The van der Waals surface area contributed by atoms with Crippen LogP contribution in [0.3, 0.4) is 0 Å². The Balaban J connectivity index is 1.54. The highest BCUT2D eigenvalue weighted by atomic mass is 16.5. The maximum atomic E-state index is 6.10. The van der Waals surface area contributed by atoms with E-state index < -0.39 is 0 Å². The van der Waals surface area contributed by atoms with Crippen molar-refractivity contribution in [1.29, 1.82) is 0 Å². The van der Waals surface area contributed by atoms with E-state index in [1.54, 1.807) is 0 Å². The molecule has 1 aromatic rings. The average molecular weight is 288 g/mol. The van der Waals surface area contributed by atoms with Gasteiger partial charge < -0.3 is 15.8 Å². The third kappa shape index (κ3) is 3.65. The van der Waals surface area contributed by atoms with Gasteiger partial charge >= 0.3 is 0 Å². The molecular formula is C18H28N2O. The summed E-state index contributed by atoms with van der Waals surface area (Å²) in [6.45, 7) is 2.63. The van der Waals surface area contributed by atoms with Crippen molar-refractivity contribution in [3.63, 3.8) is 0 Å². The number of hydrogen-bond acceptors (Lipinski definition) is 3. The maximum absolute atomic E-state index is 6.10. The highest BCUT2D eigenvalue weighted by molar-refractivity contribution is 5.20. The van der Waals surface area contributed by atoms with Gasteiger partial charge in [0.25, 0.3) is 0 Å². The molecule has 3 heteroatoms. The third-order valence-electron chi connectivity index (χ3n) is 5.33. The van der Waals surface area contributed by atoms with Crippen LogP contribution >= 0.6 is 0 Å². The molecule has 1 aromatic carbocycles. The molecule has 0 aromatic heterocycles. The minimum atomic E-state index is 0.136. The van der Waals surface area contributed by atoms with E-state index >= 15 is 0 Å². The van der Waals surface area contributed by atoms with Crippen LogP contribution in [0.1, 0.15) is 50.0 Å². The van der Waals surface area contributed by atoms with Gasteiger partial charge in [0.2, 0.25) is 0 Å². The van der Waals surface area contributed by atoms with Crippen LogP contribution in [0.15, 0.2) is 30.3 Å². The lowest BCUT2D eigenvalue weighted by atomic mass is 9.74. The maximum Gasteiger partial charge on any atom is 0.0700 e. The van der Waals surface area contributed by atoms with E-state index in [4.69, 9.17) is 10.5 Å². The molecular weight excluding hydrogens is 260 g/mol. The largest absolute Gasteiger partial charge is 0.377 e. The molecule has 0 bridgehead atoms. The summed E-state index contributed by atoms with van der Waals surface area (Å²) in [5.74, 6) is 0.704. The van der Waals surface area contributed by atoms with Crippen LogP contribution in [0, 0.1) is 0 Å². The van der Waals surface area contributed by atoms with E-state index in [-0.39, 0.29) is 5.54 Å². The zero-order valence-electron chi connectivity index (χ0n) is 12.9. The molecule has 1 aliphatic heterocycles. The molecule has 21 heavy (non-hydrogen) atoms. The lowest BCUT2D eigenvalue weighted by molar-refractivity contribution is 0.0945. The number of hydrogen-bond donors (Lipinski definition) is 2. The number of ether oxygens (including phenoxy) is 1. The van der Waals surface area contributed by atoms with Crippen molar-refractivity contribution >= 4 is 0 Å². The fourth-order valence-electron chi connectivity index (χ4n) is 3.82. The molecule has 3 nitrogen and oxygen atoms in total. The molecule has 2 fully saturated rings. The number of rotatable bonds is 5. The van der Waals surface area contributed by atoms with E-state index in [9.17, 15) is 0 Å². The van der Waals surface area contributed by atoms with Gasteiger partial charge in [0.05, 0.1) is 6.10 Å². The first-order valence-electron chi connectivity index (χ1n) is 8.43. The first-order valence-corrected chi connectivity index (χ1v) is 8.43. The third-order valence-corrected chi connectivity index (χ3v) is 5.33. The number of benzene rings is 1. The number of nitrogens with one attached hydrogen (secondary N) is 1. The van der Waals surface area contributed by atoms with E-state index in [0.717, 1.165) is 19.7 Å². The molecule has 1 unspecified atom stereocenters. The predicted octanol–water partition coefficient (Wildman–Crippen LogP) is 2.81. The highest BCUT2D eigenvalue weighted by Crippen LogP contribution is 2.37. The Morgan fingerprint density at radius 3 is 2.52 bits per heavy atom. The van der Waals surface area contributed by atoms with Crippen LogP contribution in [0.2, 0.25) is 0 Å². The van der Waals surface area contributed by atoms with Gasteiger partial charge in [0.1, 0.15) is 0 Å². The highest BCUT2D eigenvalue weighted by Gasteiger charge is 2.35. The lowest BCUT2D eigenvalue weighted by Crippen LogP contribution is -2.55. The summed E-state index contributed by atoms with van der Waals surface area (Å²) in [4.78, 5) is 0. The van der Waals surface area contributed by atoms with Gasteiger partial charge in [-0.1, -0.05) is 30.3 Å². The first kappa shape index (κ1) is 15.0. The van der Waals surface area contributed by atoms with Gasteiger partial charge in [-0.15, -0.1) is 0 Å². The Morgan fingerprint density at radius 1 is 1.14 bits per heavy atom. The summed E-state index contributed by atoms with van der Waals surface area (Å²) in [6.07, 6.45) is 7.63. The molecule has 2 aliphatic rings. The molecule has 1 heterocycles. The minimum absolute atomic E-state index is 0.136. The van der Waals surface area contributed by atoms with Gasteiger partial charge in [-0.3, -0.25) is 0 Å². The average Bonchev–Trinajstić information content (AvgIpc) is 3.08. The Hall–Kier alpha value is -0.900. The van der Waals surface area contributed by atoms with E-state index in [1.807, 2.05) is 0 Å². The monoisotopic (exact) mass is 288 g/mol. The van der Waals surface area contributed by atoms with Crippen molar-refractivity contribution in [2.24, 2.45) is 5.73 Å². The van der Waals surface area contributed by atoms with Gasteiger partial charge in [0, 0.05) is 25.2 Å². The van der Waals surface area contributed by atoms with E-state index in [0.29, 0.717) is 12.0 Å². The summed E-state index contributed by atoms with van der Waals surface area (Å²) in [5.41, 5.74) is 7.73. The summed E-state index contributed by atoms with van der Waals surface area (Å²) < 4.78 is 5.72. The van der Waals surface area contributed by atoms with Crippen molar-refractivity contribution in [3.8, 4) is 0 Å². The zero-order valence-corrected chi connectivity index (χ0v) is 12.9. The van der Waals surface area contributed by atoms with Crippen LogP contribution in [-0.2, 0) is 4.74 Å². The van der Waals surface area contributed by atoms with Gasteiger partial charge in [-0.25, -0.2) is 0 Å². The van der Waals surface area contributed by atoms with Gasteiger partial charge in [-0.2, -0.15) is 0 Å². The van der Waals surface area contributed by atoms with E-state index in [2.05, 4.69) is 35.6 Å². The molecule has 1 aliphatic carbocycles. The zero-order chi connectivity index (χ0) is 14.5. The van der Waals surface area contributed by atoms with Crippen LogP contribution in [0.5, 0.6) is 0 Å². The minimum Gasteiger partial charge on any atom is -0.377 e. The summed E-state index contributed by atoms with van der Waals surface area (Å²) in [7, 11) is 0. The number of nitrogens with two attached hydrogens (primary N) is 1. The van der Waals surface area contributed by atoms with E-state index in [1.165, 1.54) is 44.1 Å². The molecule has 0 amide bonds. The second-order valence-electron chi connectivity index (χ2n) is 6.69. The van der Waals surface area contributed by atoms with Crippen LogP contribution < -0.4 is 11.1 Å². The summed E-state index contributed by atoms with van der Waals surface area (Å²) >= 11 is 0. The first-order chi connectivity index (χ1) is 10.3. The molecule has 0 spiro atoms. The molecule has 1 saturated heterocycles. The molecule has 3 rings (SSSR count). The Bertz CT molecular complexity index is 420. The second kappa shape index (κ2) is 6.91. The Morgan fingerprint density at radius 2 is 1.90 bits per heavy atom. The SMILES string of the molecule is NCC1(NCC2CCCO2)CCC(c2ccccc2)CC1. The summed E-state index contributed by atoms with van der Waals surface area (Å²) in [5, 5.41) is 3.75. The standard InChI is InChI=1S/C18H28N2O/c19-14-18(20-13-17-7-4-12-21-17)10-8-16(9-11-18)15-5-2-1-3-6-15/h1-3,5-6,16-17,20H,4,7-14,19H2. The normalized spacial score (nSPS) is 33.2. The molecule has 1 atom stereocenters. The molecule has 1 saturated carbocycles. The lowest BCUT2D eigenvalue weighted by Gasteiger charge is -2.41. The second-order valence-corrected chi connectivity index (χ2v) is 6.69. The van der Waals surface area contributed by atoms with Crippen molar-refractivity contribution in [1.82, 2.24) is 5.32 Å². The molecule has 0 radical (unpaired) electrons. The summed E-state index contributed by atoms with van der Waals surface area (Å²) in [6, 6.07) is 10.9. The predicted molar refractivity (Wildman–Crippen MR) is 86.4 cm³/mol. The van der Waals surface area contributed by atoms with Crippen molar-refractivity contribution < 1.29 is 4.74 Å². The molecule has 3 N–H and O–H groups in total. The smallest absolute Gasteiger partial charge is 0.0700 e. The van der Waals surface area contributed by atoms with Crippen LogP contribution in [0.25, 0.3) is 0 Å². The fourth-order valence-corrected chi connectivity index (χ4v) is 3.82. The topological polar surface area (TPSA) is 47.3 Å². The molecule has 116 valence electrons. The Labute approximate surface area is 128 Å². The van der Waals surface area contributed by atoms with Gasteiger partial charge in [-0.05, 0) is 50.0 Å².